The first kappa shape index (κ1) is 21.1. The topological polar surface area (TPSA) is 84.3 Å². The third-order valence-electron chi connectivity index (χ3n) is 5.42. The van der Waals surface area contributed by atoms with Crippen molar-refractivity contribution in [3.63, 3.8) is 0 Å². The zero-order valence-electron chi connectivity index (χ0n) is 17.4. The van der Waals surface area contributed by atoms with Crippen molar-refractivity contribution in [3.05, 3.63) is 78.1 Å². The van der Waals surface area contributed by atoms with Crippen LogP contribution in [0.4, 0.5) is 5.69 Å². The summed E-state index contributed by atoms with van der Waals surface area (Å²) in [6.45, 7) is 3.61. The molecule has 1 N–H and O–H groups in total. The van der Waals surface area contributed by atoms with Crippen LogP contribution in [0.5, 0.6) is 0 Å². The van der Waals surface area contributed by atoms with Crippen molar-refractivity contribution in [3.8, 4) is 0 Å². The molecule has 4 rings (SSSR count). The lowest BCUT2D eigenvalue weighted by Gasteiger charge is -2.30. The molecule has 1 aliphatic rings. The van der Waals surface area contributed by atoms with Crippen molar-refractivity contribution in [1.82, 2.24) is 15.1 Å². The number of hydrogen-bond donors (Lipinski definition) is 1. The van der Waals surface area contributed by atoms with Crippen LogP contribution < -0.4 is 9.62 Å². The van der Waals surface area contributed by atoms with Crippen LogP contribution in [0.25, 0.3) is 0 Å². The Bertz CT molecular complexity index is 1160. The number of sulfonamides is 1. The second kappa shape index (κ2) is 8.93. The van der Waals surface area contributed by atoms with Crippen LogP contribution in [0.1, 0.15) is 29.3 Å². The van der Waals surface area contributed by atoms with Gasteiger partial charge in [0, 0.05) is 37.6 Å². The fraction of sp³-hybridized carbons (Fsp3) is 0.304. The molecule has 0 saturated heterocycles. The van der Waals surface area contributed by atoms with Crippen molar-refractivity contribution in [1.29, 1.82) is 0 Å². The van der Waals surface area contributed by atoms with Gasteiger partial charge in [-0.1, -0.05) is 31.2 Å². The number of carbonyl (C=O) groups excluding carboxylic acids is 1. The molecule has 0 saturated carbocycles. The van der Waals surface area contributed by atoms with Gasteiger partial charge in [-0.15, -0.1) is 0 Å². The minimum absolute atomic E-state index is 0.126. The van der Waals surface area contributed by atoms with Crippen molar-refractivity contribution in [2.24, 2.45) is 5.92 Å². The van der Waals surface area contributed by atoms with Crippen LogP contribution in [0.2, 0.25) is 0 Å². The van der Waals surface area contributed by atoms with E-state index in [1.54, 1.807) is 24.4 Å². The van der Waals surface area contributed by atoms with E-state index in [2.05, 4.69) is 10.4 Å². The van der Waals surface area contributed by atoms with Gasteiger partial charge in [0.25, 0.3) is 15.9 Å². The molecule has 8 heteroatoms. The van der Waals surface area contributed by atoms with Crippen molar-refractivity contribution < 1.29 is 13.2 Å². The van der Waals surface area contributed by atoms with Crippen LogP contribution in [0.15, 0.2) is 71.9 Å². The van der Waals surface area contributed by atoms with Gasteiger partial charge >= 0.3 is 0 Å². The molecule has 1 aromatic heterocycles. The van der Waals surface area contributed by atoms with Crippen molar-refractivity contribution in [2.45, 2.75) is 31.2 Å². The van der Waals surface area contributed by atoms with E-state index in [1.165, 1.54) is 10.4 Å². The number of anilines is 1. The zero-order chi connectivity index (χ0) is 21.8. The Labute approximate surface area is 182 Å². The van der Waals surface area contributed by atoms with E-state index in [4.69, 9.17) is 0 Å². The van der Waals surface area contributed by atoms with Crippen LogP contribution >= 0.6 is 0 Å². The zero-order valence-corrected chi connectivity index (χ0v) is 18.3. The molecular weight excluding hydrogens is 412 g/mol. The average molecular weight is 439 g/mol. The Morgan fingerprint density at radius 1 is 1.16 bits per heavy atom. The second-order valence-electron chi connectivity index (χ2n) is 7.88. The van der Waals surface area contributed by atoms with Crippen LogP contribution in [-0.4, -0.2) is 37.2 Å². The normalized spacial score (nSPS) is 14.7. The highest BCUT2D eigenvalue weighted by molar-refractivity contribution is 7.92. The largest absolute Gasteiger partial charge is 0.352 e. The van der Waals surface area contributed by atoms with E-state index in [0.717, 1.165) is 24.1 Å². The highest BCUT2D eigenvalue weighted by Gasteiger charge is 2.29. The van der Waals surface area contributed by atoms with Gasteiger partial charge in [0.15, 0.2) is 0 Å². The maximum absolute atomic E-state index is 13.4. The number of para-hydroxylation sites is 1. The van der Waals surface area contributed by atoms with Gasteiger partial charge in [-0.05, 0) is 54.7 Å². The molecule has 3 aromatic rings. The van der Waals surface area contributed by atoms with E-state index >= 15 is 0 Å². The Morgan fingerprint density at radius 2 is 2.00 bits per heavy atom. The number of amides is 1. The maximum Gasteiger partial charge on any atom is 0.264 e. The number of aromatic nitrogens is 2. The smallest absolute Gasteiger partial charge is 0.264 e. The third-order valence-corrected chi connectivity index (χ3v) is 7.23. The fourth-order valence-corrected chi connectivity index (χ4v) is 5.42. The molecule has 0 fully saturated rings. The molecule has 2 heterocycles. The lowest BCUT2D eigenvalue weighted by Crippen LogP contribution is -2.35. The van der Waals surface area contributed by atoms with Gasteiger partial charge < -0.3 is 5.32 Å². The molecular formula is C23H26N4O3S. The number of hydrogen-bond acceptors (Lipinski definition) is 4. The van der Waals surface area contributed by atoms with E-state index in [0.29, 0.717) is 25.2 Å². The van der Waals surface area contributed by atoms with Gasteiger partial charge in [-0.3, -0.25) is 13.8 Å². The molecule has 1 atom stereocenters. The van der Waals surface area contributed by atoms with E-state index in [1.807, 2.05) is 48.1 Å². The lowest BCUT2D eigenvalue weighted by atomic mass is 10.0. The molecule has 0 spiro atoms. The monoisotopic (exact) mass is 438 g/mol. The molecule has 0 radical (unpaired) electrons. The summed E-state index contributed by atoms with van der Waals surface area (Å²) in [4.78, 5) is 12.8. The highest BCUT2D eigenvalue weighted by Crippen LogP contribution is 2.31. The summed E-state index contributed by atoms with van der Waals surface area (Å²) in [6, 6.07) is 15.7. The molecule has 1 unspecified atom stereocenters. The predicted molar refractivity (Wildman–Crippen MR) is 119 cm³/mol. The Balaban J connectivity index is 1.48. The van der Waals surface area contributed by atoms with Crippen LogP contribution in [-0.2, 0) is 23.0 Å². The summed E-state index contributed by atoms with van der Waals surface area (Å²) in [5.41, 5.74) is 2.08. The number of nitrogens with one attached hydrogen (secondary N) is 1. The number of carbonyl (C=O) groups is 1. The molecule has 31 heavy (non-hydrogen) atoms. The van der Waals surface area contributed by atoms with Crippen LogP contribution in [0.3, 0.4) is 0 Å². The SMILES string of the molecule is CC(CNC(=O)c1cccc(S(=O)(=O)N2CCCc3ccccc32)c1)Cn1cccn1. The van der Waals surface area contributed by atoms with Gasteiger partial charge in [-0.2, -0.15) is 5.10 Å². The molecule has 2 aromatic carbocycles. The van der Waals surface area contributed by atoms with Crippen molar-refractivity contribution >= 4 is 21.6 Å². The highest BCUT2D eigenvalue weighted by atomic mass is 32.2. The number of aryl methyl sites for hydroxylation is 1. The second-order valence-corrected chi connectivity index (χ2v) is 9.74. The molecule has 0 aliphatic carbocycles. The first-order valence-corrected chi connectivity index (χ1v) is 11.9. The molecule has 1 amide bonds. The number of nitrogens with zero attached hydrogens (tertiary/aromatic N) is 3. The summed E-state index contributed by atoms with van der Waals surface area (Å²) >= 11 is 0. The molecule has 162 valence electrons. The number of benzene rings is 2. The summed E-state index contributed by atoms with van der Waals surface area (Å²) in [5, 5.41) is 7.07. The molecule has 1 aliphatic heterocycles. The molecule has 7 nitrogen and oxygen atoms in total. The van der Waals surface area contributed by atoms with Crippen molar-refractivity contribution in [2.75, 3.05) is 17.4 Å². The Morgan fingerprint density at radius 3 is 2.81 bits per heavy atom. The predicted octanol–water partition coefficient (Wildman–Crippen LogP) is 3.09. The van der Waals surface area contributed by atoms with Crippen LogP contribution in [0, 0.1) is 5.92 Å². The Hall–Kier alpha value is -3.13. The summed E-state index contributed by atoms with van der Waals surface area (Å²) in [7, 11) is -3.76. The van der Waals surface area contributed by atoms with E-state index in [-0.39, 0.29) is 16.7 Å². The van der Waals surface area contributed by atoms with Gasteiger partial charge in [0.2, 0.25) is 0 Å². The lowest BCUT2D eigenvalue weighted by molar-refractivity contribution is 0.0946. The van der Waals surface area contributed by atoms with Gasteiger partial charge in [0.1, 0.15) is 0 Å². The first-order valence-electron chi connectivity index (χ1n) is 10.4. The minimum atomic E-state index is -3.76. The Kier molecular flexibility index (Phi) is 6.08. The summed E-state index contributed by atoms with van der Waals surface area (Å²) in [5.74, 6) is -0.107. The van der Waals surface area contributed by atoms with Gasteiger partial charge in [-0.25, -0.2) is 8.42 Å². The molecule has 0 bridgehead atoms. The number of rotatable bonds is 7. The third kappa shape index (κ3) is 4.64. The van der Waals surface area contributed by atoms with E-state index in [9.17, 15) is 13.2 Å². The standard InChI is InChI=1S/C23H26N4O3S/c1-18(17-26-13-6-12-25-26)16-24-23(28)20-8-4-10-21(15-20)31(29,30)27-14-5-9-19-7-2-3-11-22(19)27/h2-4,6-8,10-13,15,18H,5,9,14,16-17H2,1H3,(H,24,28). The fourth-order valence-electron chi connectivity index (χ4n) is 3.84. The quantitative estimate of drug-likeness (QED) is 0.614. The maximum atomic E-state index is 13.4. The first-order chi connectivity index (χ1) is 14.9. The minimum Gasteiger partial charge on any atom is -0.352 e. The van der Waals surface area contributed by atoms with Gasteiger partial charge in [0.05, 0.1) is 10.6 Å². The summed E-state index contributed by atoms with van der Waals surface area (Å²) < 4.78 is 30.0. The average Bonchev–Trinajstić information content (AvgIpc) is 3.30. The summed E-state index contributed by atoms with van der Waals surface area (Å²) in [6.07, 6.45) is 5.23. The van der Waals surface area contributed by atoms with E-state index < -0.39 is 10.0 Å². The number of fused-ring (bicyclic) bond motifs is 1.